The Morgan fingerprint density at radius 3 is 2.19 bits per heavy atom. The van der Waals surface area contributed by atoms with Crippen LogP contribution in [0.2, 0.25) is 0 Å². The van der Waals surface area contributed by atoms with E-state index in [1.807, 2.05) is 42.5 Å². The normalized spacial score (nSPS) is 13.0. The van der Waals surface area contributed by atoms with Crippen molar-refractivity contribution in [2.75, 3.05) is 0 Å². The van der Waals surface area contributed by atoms with Crippen molar-refractivity contribution in [3.63, 3.8) is 0 Å². The number of aromatic nitrogens is 2. The molecule has 21 heavy (non-hydrogen) atoms. The molecule has 1 aliphatic rings. The van der Waals surface area contributed by atoms with E-state index in [4.69, 9.17) is 0 Å². The molecule has 3 aromatic rings. The molecule has 0 amide bonds. The van der Waals surface area contributed by atoms with Crippen molar-refractivity contribution in [1.82, 2.24) is 9.97 Å². The molecule has 1 N–H and O–H groups in total. The zero-order chi connectivity index (χ0) is 14.4. The minimum absolute atomic E-state index is 0.276. The maximum atomic E-state index is 12.2. The molecule has 1 aliphatic carbocycles. The van der Waals surface area contributed by atoms with Gasteiger partial charge in [0.1, 0.15) is 17.2 Å². The van der Waals surface area contributed by atoms with E-state index < -0.39 is 11.6 Å². The highest BCUT2D eigenvalue weighted by Crippen LogP contribution is 2.33. The first-order valence-electron chi connectivity index (χ1n) is 6.59. The Kier molecular flexibility index (Phi) is 2.38. The predicted molar refractivity (Wildman–Crippen MR) is 78.1 cm³/mol. The molecular weight excluding hydrogens is 264 g/mol. The molecule has 4 rings (SSSR count). The molecular formula is C17H10N2O2. The molecule has 0 aliphatic heterocycles. The number of imidazole rings is 1. The van der Waals surface area contributed by atoms with E-state index in [0.717, 1.165) is 5.56 Å². The second-order valence-corrected chi connectivity index (χ2v) is 4.88. The van der Waals surface area contributed by atoms with Gasteiger partial charge in [-0.3, -0.25) is 9.59 Å². The molecule has 0 atom stereocenters. The number of nitrogens with one attached hydrogen (secondary N) is 1. The van der Waals surface area contributed by atoms with Crippen molar-refractivity contribution in [2.45, 2.75) is 0 Å². The van der Waals surface area contributed by atoms with Crippen LogP contribution in [0, 0.1) is 0 Å². The Hall–Kier alpha value is -3.01. The molecule has 0 spiro atoms. The van der Waals surface area contributed by atoms with Gasteiger partial charge in [-0.05, 0) is 0 Å². The molecule has 100 valence electrons. The smallest absolute Gasteiger partial charge is 0.251 e. The molecule has 0 radical (unpaired) electrons. The third-order valence-corrected chi connectivity index (χ3v) is 3.61. The van der Waals surface area contributed by atoms with Gasteiger partial charge in [-0.2, -0.15) is 0 Å². The molecule has 1 heterocycles. The number of carbonyl (C=O) groups is 2. The van der Waals surface area contributed by atoms with E-state index >= 15 is 0 Å². The van der Waals surface area contributed by atoms with Gasteiger partial charge in [-0.15, -0.1) is 0 Å². The molecule has 0 saturated carbocycles. The summed E-state index contributed by atoms with van der Waals surface area (Å²) in [6.07, 6.45) is 0. The lowest BCUT2D eigenvalue weighted by Crippen LogP contribution is -2.21. The van der Waals surface area contributed by atoms with Gasteiger partial charge in [0, 0.05) is 16.7 Å². The third kappa shape index (κ3) is 1.66. The standard InChI is InChI=1S/C17H10N2O2/c20-15-12-9-5-4-8-11(12)13-14(16(15)21)19-17(18-13)10-6-2-1-3-7-10/h1-9H,(H,18,19). The SMILES string of the molecule is O=C1C(=O)c2[nH]c(-c3ccccc3)nc2-c2ccccc21. The highest BCUT2D eigenvalue weighted by molar-refractivity contribution is 6.52. The highest BCUT2D eigenvalue weighted by Gasteiger charge is 2.33. The summed E-state index contributed by atoms with van der Waals surface area (Å²) in [7, 11) is 0. The number of ketones is 2. The summed E-state index contributed by atoms with van der Waals surface area (Å²) in [6, 6.07) is 16.6. The van der Waals surface area contributed by atoms with Crippen molar-refractivity contribution in [3.05, 3.63) is 65.9 Å². The quantitative estimate of drug-likeness (QED) is 0.693. The van der Waals surface area contributed by atoms with Gasteiger partial charge in [0.25, 0.3) is 5.78 Å². The summed E-state index contributed by atoms with van der Waals surface area (Å²) in [5, 5.41) is 0. The van der Waals surface area contributed by atoms with Gasteiger partial charge < -0.3 is 4.98 Å². The summed E-state index contributed by atoms with van der Waals surface area (Å²) >= 11 is 0. The van der Waals surface area contributed by atoms with Crippen molar-refractivity contribution in [1.29, 1.82) is 0 Å². The van der Waals surface area contributed by atoms with Crippen LogP contribution in [0.5, 0.6) is 0 Å². The van der Waals surface area contributed by atoms with E-state index in [2.05, 4.69) is 9.97 Å². The number of fused-ring (bicyclic) bond motifs is 3. The summed E-state index contributed by atoms with van der Waals surface area (Å²) in [5.74, 6) is -0.418. The topological polar surface area (TPSA) is 62.8 Å². The lowest BCUT2D eigenvalue weighted by atomic mass is 9.90. The Labute approximate surface area is 120 Å². The van der Waals surface area contributed by atoms with Gasteiger partial charge in [0.15, 0.2) is 0 Å². The van der Waals surface area contributed by atoms with Crippen LogP contribution in [0.15, 0.2) is 54.6 Å². The van der Waals surface area contributed by atoms with Crippen LogP contribution in [0.3, 0.4) is 0 Å². The van der Waals surface area contributed by atoms with Gasteiger partial charge in [-0.25, -0.2) is 4.98 Å². The number of hydrogen-bond donors (Lipinski definition) is 1. The third-order valence-electron chi connectivity index (χ3n) is 3.61. The molecule has 0 fully saturated rings. The molecule has 2 aromatic carbocycles. The lowest BCUT2D eigenvalue weighted by molar-refractivity contribution is 0.0812. The fraction of sp³-hybridized carbons (Fsp3) is 0. The Balaban J connectivity index is 1.97. The first kappa shape index (κ1) is 11.8. The Morgan fingerprint density at radius 1 is 0.762 bits per heavy atom. The van der Waals surface area contributed by atoms with Crippen LogP contribution in [0.25, 0.3) is 22.6 Å². The zero-order valence-electron chi connectivity index (χ0n) is 11.0. The molecule has 0 bridgehead atoms. The average Bonchev–Trinajstić information content (AvgIpc) is 2.99. The summed E-state index contributed by atoms with van der Waals surface area (Å²) in [4.78, 5) is 31.8. The summed E-state index contributed by atoms with van der Waals surface area (Å²) in [5.41, 5.74) is 2.83. The van der Waals surface area contributed by atoms with Gasteiger partial charge >= 0.3 is 0 Å². The van der Waals surface area contributed by atoms with Crippen LogP contribution in [-0.4, -0.2) is 21.5 Å². The molecule has 4 nitrogen and oxygen atoms in total. The van der Waals surface area contributed by atoms with E-state index in [0.29, 0.717) is 22.6 Å². The lowest BCUT2D eigenvalue weighted by Gasteiger charge is -2.11. The number of carbonyl (C=O) groups excluding carboxylic acids is 2. The monoisotopic (exact) mass is 274 g/mol. The summed E-state index contributed by atoms with van der Waals surface area (Å²) in [6.45, 7) is 0. The first-order chi connectivity index (χ1) is 10.3. The van der Waals surface area contributed by atoms with Crippen molar-refractivity contribution in [3.8, 4) is 22.6 Å². The van der Waals surface area contributed by atoms with Crippen LogP contribution < -0.4 is 0 Å². The maximum absolute atomic E-state index is 12.2. The van der Waals surface area contributed by atoms with Crippen LogP contribution in [-0.2, 0) is 0 Å². The van der Waals surface area contributed by atoms with E-state index in [9.17, 15) is 9.59 Å². The van der Waals surface area contributed by atoms with Crippen molar-refractivity contribution >= 4 is 11.6 Å². The van der Waals surface area contributed by atoms with Gasteiger partial charge in [-0.1, -0.05) is 54.6 Å². The first-order valence-corrected chi connectivity index (χ1v) is 6.59. The number of H-pyrrole nitrogens is 1. The number of hydrogen-bond acceptors (Lipinski definition) is 3. The zero-order valence-corrected chi connectivity index (χ0v) is 11.0. The van der Waals surface area contributed by atoms with Crippen molar-refractivity contribution < 1.29 is 9.59 Å². The minimum atomic E-state index is -0.529. The fourth-order valence-electron chi connectivity index (χ4n) is 2.59. The second-order valence-electron chi connectivity index (χ2n) is 4.88. The largest absolute Gasteiger partial charge is 0.335 e. The minimum Gasteiger partial charge on any atom is -0.335 e. The molecule has 1 aromatic heterocycles. The number of aromatic amines is 1. The number of rotatable bonds is 1. The predicted octanol–water partition coefficient (Wildman–Crippen LogP) is 3.12. The van der Waals surface area contributed by atoms with E-state index in [-0.39, 0.29) is 5.69 Å². The van der Waals surface area contributed by atoms with Gasteiger partial charge in [0.2, 0.25) is 5.78 Å². The van der Waals surface area contributed by atoms with Gasteiger partial charge in [0.05, 0.1) is 0 Å². The second kappa shape index (κ2) is 4.24. The highest BCUT2D eigenvalue weighted by atomic mass is 16.2. The number of Topliss-reactive ketones (excluding diaryl/α,β-unsaturated/α-hetero) is 2. The van der Waals surface area contributed by atoms with E-state index in [1.165, 1.54) is 0 Å². The Morgan fingerprint density at radius 2 is 1.43 bits per heavy atom. The molecule has 0 saturated heterocycles. The maximum Gasteiger partial charge on any atom is 0.251 e. The van der Waals surface area contributed by atoms with Crippen molar-refractivity contribution in [2.24, 2.45) is 0 Å². The number of benzene rings is 2. The average molecular weight is 274 g/mol. The van der Waals surface area contributed by atoms with Crippen LogP contribution in [0.1, 0.15) is 20.8 Å². The molecule has 0 unspecified atom stereocenters. The van der Waals surface area contributed by atoms with Crippen LogP contribution >= 0.6 is 0 Å². The molecule has 4 heteroatoms. The fourth-order valence-corrected chi connectivity index (χ4v) is 2.59. The van der Waals surface area contributed by atoms with E-state index in [1.54, 1.807) is 12.1 Å². The number of nitrogens with zero attached hydrogens (tertiary/aromatic N) is 1. The summed E-state index contributed by atoms with van der Waals surface area (Å²) < 4.78 is 0. The van der Waals surface area contributed by atoms with Crippen LogP contribution in [0.4, 0.5) is 0 Å². The Bertz CT molecular complexity index is 879.